The summed E-state index contributed by atoms with van der Waals surface area (Å²) in [6, 6.07) is 12.4. The number of nitrogens with one attached hydrogen (secondary N) is 2. The molecule has 23 heavy (non-hydrogen) atoms. The molecule has 3 aromatic rings. The highest BCUT2D eigenvalue weighted by Crippen LogP contribution is 2.27. The molecule has 1 aliphatic rings. The van der Waals surface area contributed by atoms with Crippen LogP contribution in [-0.2, 0) is 0 Å². The number of aliphatic hydroxyl groups is 1. The highest BCUT2D eigenvalue weighted by molar-refractivity contribution is 5.88. The summed E-state index contributed by atoms with van der Waals surface area (Å²) in [6.07, 6.45) is 5.39. The largest absolute Gasteiger partial charge is 0.393 e. The third kappa shape index (κ3) is 2.92. The van der Waals surface area contributed by atoms with Crippen LogP contribution in [0.2, 0.25) is 0 Å². The fourth-order valence-electron chi connectivity index (χ4n) is 3.18. The SMILES string of the molecule is O[C@H]1CC[C@H](Nc2nc(-c3ccccc3)nc3[nH]ccc23)CC1. The molecule has 1 saturated carbocycles. The zero-order valence-electron chi connectivity index (χ0n) is 12.9. The van der Waals surface area contributed by atoms with E-state index in [1.165, 1.54) is 0 Å². The van der Waals surface area contributed by atoms with Gasteiger partial charge in [0, 0.05) is 17.8 Å². The second-order valence-electron chi connectivity index (χ2n) is 6.15. The Balaban J connectivity index is 1.69. The van der Waals surface area contributed by atoms with Crippen LogP contribution in [0.3, 0.4) is 0 Å². The zero-order valence-corrected chi connectivity index (χ0v) is 12.9. The maximum atomic E-state index is 9.67. The number of nitrogens with zero attached hydrogens (tertiary/aromatic N) is 2. The Morgan fingerprint density at radius 2 is 1.78 bits per heavy atom. The van der Waals surface area contributed by atoms with E-state index in [4.69, 9.17) is 4.98 Å². The summed E-state index contributed by atoms with van der Waals surface area (Å²) in [4.78, 5) is 12.6. The lowest BCUT2D eigenvalue weighted by Gasteiger charge is -2.26. The van der Waals surface area contributed by atoms with Gasteiger partial charge in [-0.2, -0.15) is 0 Å². The molecule has 0 unspecified atom stereocenters. The maximum absolute atomic E-state index is 9.67. The van der Waals surface area contributed by atoms with Crippen molar-refractivity contribution in [2.24, 2.45) is 0 Å². The number of hydrogen-bond donors (Lipinski definition) is 3. The van der Waals surface area contributed by atoms with Crippen LogP contribution in [0.5, 0.6) is 0 Å². The van der Waals surface area contributed by atoms with Crippen molar-refractivity contribution >= 4 is 16.9 Å². The molecule has 3 N–H and O–H groups in total. The lowest BCUT2D eigenvalue weighted by atomic mass is 9.93. The van der Waals surface area contributed by atoms with E-state index >= 15 is 0 Å². The van der Waals surface area contributed by atoms with Crippen LogP contribution in [0.1, 0.15) is 25.7 Å². The number of aromatic amines is 1. The van der Waals surface area contributed by atoms with Gasteiger partial charge < -0.3 is 15.4 Å². The van der Waals surface area contributed by atoms with E-state index in [1.807, 2.05) is 42.6 Å². The highest BCUT2D eigenvalue weighted by atomic mass is 16.3. The van der Waals surface area contributed by atoms with E-state index in [0.717, 1.165) is 53.9 Å². The molecule has 1 aromatic carbocycles. The first-order valence-electron chi connectivity index (χ1n) is 8.15. The Morgan fingerprint density at radius 3 is 2.57 bits per heavy atom. The molecule has 0 radical (unpaired) electrons. The molecule has 2 heterocycles. The van der Waals surface area contributed by atoms with Gasteiger partial charge in [-0.1, -0.05) is 30.3 Å². The summed E-state index contributed by atoms with van der Waals surface area (Å²) in [7, 11) is 0. The minimum absolute atomic E-state index is 0.148. The third-order valence-electron chi connectivity index (χ3n) is 4.49. The minimum Gasteiger partial charge on any atom is -0.393 e. The molecule has 0 amide bonds. The van der Waals surface area contributed by atoms with E-state index in [2.05, 4.69) is 15.3 Å². The van der Waals surface area contributed by atoms with Gasteiger partial charge in [0.2, 0.25) is 0 Å². The lowest BCUT2D eigenvalue weighted by Crippen LogP contribution is -2.28. The number of benzene rings is 1. The summed E-state index contributed by atoms with van der Waals surface area (Å²) in [5, 5.41) is 14.2. The Morgan fingerprint density at radius 1 is 1.00 bits per heavy atom. The Hall–Kier alpha value is -2.40. The van der Waals surface area contributed by atoms with Crippen LogP contribution in [0.15, 0.2) is 42.6 Å². The molecule has 118 valence electrons. The first-order chi connectivity index (χ1) is 11.3. The first kappa shape index (κ1) is 14.2. The topological polar surface area (TPSA) is 73.8 Å². The van der Waals surface area contributed by atoms with Crippen LogP contribution < -0.4 is 5.32 Å². The molecule has 0 spiro atoms. The summed E-state index contributed by atoms with van der Waals surface area (Å²) >= 11 is 0. The number of fused-ring (bicyclic) bond motifs is 1. The second kappa shape index (κ2) is 6.01. The van der Waals surface area contributed by atoms with E-state index in [1.54, 1.807) is 0 Å². The van der Waals surface area contributed by atoms with Gasteiger partial charge in [-0.05, 0) is 31.7 Å². The van der Waals surface area contributed by atoms with Crippen LogP contribution >= 0.6 is 0 Å². The van der Waals surface area contributed by atoms with Crippen molar-refractivity contribution in [1.82, 2.24) is 15.0 Å². The van der Waals surface area contributed by atoms with Gasteiger partial charge >= 0.3 is 0 Å². The van der Waals surface area contributed by atoms with Crippen LogP contribution in [0, 0.1) is 0 Å². The number of hydrogen-bond acceptors (Lipinski definition) is 4. The predicted molar refractivity (Wildman–Crippen MR) is 91.2 cm³/mol. The van der Waals surface area contributed by atoms with Crippen LogP contribution in [0.4, 0.5) is 5.82 Å². The number of H-pyrrole nitrogens is 1. The quantitative estimate of drug-likeness (QED) is 0.694. The average molecular weight is 308 g/mol. The molecular formula is C18H20N4O. The number of rotatable bonds is 3. The van der Waals surface area contributed by atoms with Crippen molar-refractivity contribution in [1.29, 1.82) is 0 Å². The minimum atomic E-state index is -0.148. The van der Waals surface area contributed by atoms with E-state index < -0.39 is 0 Å². The molecule has 1 aliphatic carbocycles. The van der Waals surface area contributed by atoms with Gasteiger partial charge in [-0.25, -0.2) is 9.97 Å². The summed E-state index contributed by atoms with van der Waals surface area (Å²) in [6.45, 7) is 0. The fourth-order valence-corrected chi connectivity index (χ4v) is 3.18. The standard InChI is InChI=1S/C18H20N4O/c23-14-8-6-13(7-9-14)20-18-15-10-11-19-17(15)21-16(22-18)12-4-2-1-3-5-12/h1-5,10-11,13-14,23H,6-9H2,(H2,19,20,21,22)/t13-,14-. The van der Waals surface area contributed by atoms with E-state index in [-0.39, 0.29) is 6.10 Å². The molecule has 5 nitrogen and oxygen atoms in total. The monoisotopic (exact) mass is 308 g/mol. The number of aliphatic hydroxyl groups excluding tert-OH is 1. The van der Waals surface area contributed by atoms with Crippen molar-refractivity contribution < 1.29 is 5.11 Å². The molecule has 4 rings (SSSR count). The lowest BCUT2D eigenvalue weighted by molar-refractivity contribution is 0.126. The molecule has 2 aromatic heterocycles. The van der Waals surface area contributed by atoms with Gasteiger partial charge in [0.15, 0.2) is 5.82 Å². The highest BCUT2D eigenvalue weighted by Gasteiger charge is 2.21. The molecular weight excluding hydrogens is 288 g/mol. The average Bonchev–Trinajstić information content (AvgIpc) is 3.06. The third-order valence-corrected chi connectivity index (χ3v) is 4.49. The molecule has 0 bridgehead atoms. The first-order valence-corrected chi connectivity index (χ1v) is 8.15. The van der Waals surface area contributed by atoms with E-state index in [9.17, 15) is 5.11 Å². The van der Waals surface area contributed by atoms with Crippen molar-refractivity contribution in [3.8, 4) is 11.4 Å². The summed E-state index contributed by atoms with van der Waals surface area (Å²) in [5.74, 6) is 1.59. The number of anilines is 1. The summed E-state index contributed by atoms with van der Waals surface area (Å²) < 4.78 is 0. The fraction of sp³-hybridized carbons (Fsp3) is 0.333. The molecule has 5 heteroatoms. The molecule has 0 saturated heterocycles. The maximum Gasteiger partial charge on any atom is 0.163 e. The number of aromatic nitrogens is 3. The molecule has 1 fully saturated rings. The molecule has 0 atom stereocenters. The Kier molecular flexibility index (Phi) is 3.71. The van der Waals surface area contributed by atoms with Crippen molar-refractivity contribution in [2.75, 3.05) is 5.32 Å². The second-order valence-corrected chi connectivity index (χ2v) is 6.15. The van der Waals surface area contributed by atoms with Gasteiger partial charge in [-0.3, -0.25) is 0 Å². The van der Waals surface area contributed by atoms with Crippen molar-refractivity contribution in [3.63, 3.8) is 0 Å². The van der Waals surface area contributed by atoms with Crippen molar-refractivity contribution in [3.05, 3.63) is 42.6 Å². The van der Waals surface area contributed by atoms with Gasteiger partial charge in [0.1, 0.15) is 11.5 Å². The summed E-state index contributed by atoms with van der Waals surface area (Å²) in [5.41, 5.74) is 1.85. The van der Waals surface area contributed by atoms with Crippen LogP contribution in [-0.4, -0.2) is 32.2 Å². The zero-order chi connectivity index (χ0) is 15.6. The predicted octanol–water partition coefficient (Wildman–Crippen LogP) is 3.34. The molecule has 0 aliphatic heterocycles. The smallest absolute Gasteiger partial charge is 0.163 e. The van der Waals surface area contributed by atoms with Crippen molar-refractivity contribution in [2.45, 2.75) is 37.8 Å². The normalized spacial score (nSPS) is 21.4. The van der Waals surface area contributed by atoms with Gasteiger partial charge in [0.25, 0.3) is 0 Å². The Bertz CT molecular complexity index is 791. The van der Waals surface area contributed by atoms with Gasteiger partial charge in [0.05, 0.1) is 11.5 Å². The van der Waals surface area contributed by atoms with Crippen LogP contribution in [0.25, 0.3) is 22.4 Å². The van der Waals surface area contributed by atoms with E-state index in [0.29, 0.717) is 6.04 Å². The van der Waals surface area contributed by atoms with Gasteiger partial charge in [-0.15, -0.1) is 0 Å². The Labute approximate surface area is 134 Å².